The quantitative estimate of drug-likeness (QED) is 0.802. The van der Waals surface area contributed by atoms with E-state index in [0.29, 0.717) is 24.8 Å². The van der Waals surface area contributed by atoms with Crippen molar-refractivity contribution in [3.8, 4) is 0 Å². The summed E-state index contributed by atoms with van der Waals surface area (Å²) in [5.41, 5.74) is 0.808. The van der Waals surface area contributed by atoms with Gasteiger partial charge >= 0.3 is 0 Å². The maximum absolute atomic E-state index is 13.1. The van der Waals surface area contributed by atoms with E-state index in [1.807, 2.05) is 42.5 Å². The molecule has 1 aromatic carbocycles. The number of aromatic amines is 1. The van der Waals surface area contributed by atoms with Crippen LogP contribution in [0.15, 0.2) is 47.4 Å². The lowest BCUT2D eigenvalue weighted by Gasteiger charge is -2.24. The van der Waals surface area contributed by atoms with Crippen molar-refractivity contribution in [2.45, 2.75) is 37.7 Å². The van der Waals surface area contributed by atoms with E-state index in [1.54, 1.807) is 4.90 Å². The summed E-state index contributed by atoms with van der Waals surface area (Å²) in [6.07, 6.45) is 9.41. The SMILES string of the molecule is O=C(c1cnc(C2CC2)[nH]c1=O)N(CC=Cc1ccccc1)CC1CCCO1. The fraction of sp³-hybridized carbons (Fsp3) is 0.409. The normalized spacial score (nSPS) is 19.2. The van der Waals surface area contributed by atoms with Crippen LogP contribution in [0.5, 0.6) is 0 Å². The van der Waals surface area contributed by atoms with E-state index in [0.717, 1.165) is 37.9 Å². The van der Waals surface area contributed by atoms with Crippen LogP contribution in [0.4, 0.5) is 0 Å². The van der Waals surface area contributed by atoms with Gasteiger partial charge in [-0.05, 0) is 31.2 Å². The second-order valence-corrected chi connectivity index (χ2v) is 7.44. The molecule has 1 aliphatic heterocycles. The molecule has 6 heteroatoms. The first-order valence-corrected chi connectivity index (χ1v) is 9.92. The standard InChI is InChI=1S/C22H25N3O3/c26-21-19(14-23-20(24-21)17-10-11-17)22(27)25(15-18-9-5-13-28-18)12-4-8-16-6-2-1-3-7-16/h1-4,6-8,14,17-18H,5,9-13,15H2,(H,23,24,26). The first kappa shape index (κ1) is 18.6. The highest BCUT2D eigenvalue weighted by atomic mass is 16.5. The van der Waals surface area contributed by atoms with Crippen LogP contribution >= 0.6 is 0 Å². The summed E-state index contributed by atoms with van der Waals surface area (Å²) in [7, 11) is 0. The molecule has 4 rings (SSSR count). The molecular weight excluding hydrogens is 354 g/mol. The largest absolute Gasteiger partial charge is 0.376 e. The Hall–Kier alpha value is -2.73. The van der Waals surface area contributed by atoms with Gasteiger partial charge in [-0.15, -0.1) is 0 Å². The summed E-state index contributed by atoms with van der Waals surface area (Å²) in [6, 6.07) is 9.93. The molecule has 1 saturated heterocycles. The number of carbonyl (C=O) groups excluding carboxylic acids is 1. The topological polar surface area (TPSA) is 75.3 Å². The van der Waals surface area contributed by atoms with Crippen LogP contribution in [-0.4, -0.2) is 46.6 Å². The highest BCUT2D eigenvalue weighted by Crippen LogP contribution is 2.37. The minimum absolute atomic E-state index is 0.0202. The van der Waals surface area contributed by atoms with E-state index in [1.165, 1.54) is 6.20 Å². The Kier molecular flexibility index (Phi) is 5.67. The minimum atomic E-state index is -0.355. The molecule has 2 aliphatic rings. The summed E-state index contributed by atoms with van der Waals surface area (Å²) >= 11 is 0. The van der Waals surface area contributed by atoms with Crippen LogP contribution in [-0.2, 0) is 4.74 Å². The molecule has 1 saturated carbocycles. The summed E-state index contributed by atoms with van der Waals surface area (Å²) in [5, 5.41) is 0. The Morgan fingerprint density at radius 1 is 1.25 bits per heavy atom. The molecule has 1 amide bonds. The van der Waals surface area contributed by atoms with Crippen LogP contribution in [0.25, 0.3) is 6.08 Å². The van der Waals surface area contributed by atoms with Crippen LogP contribution in [0.3, 0.4) is 0 Å². The molecule has 1 atom stereocenters. The minimum Gasteiger partial charge on any atom is -0.376 e. The third kappa shape index (κ3) is 4.57. The maximum atomic E-state index is 13.1. The monoisotopic (exact) mass is 379 g/mol. The molecule has 1 N–H and O–H groups in total. The Bertz CT molecular complexity index is 897. The van der Waals surface area contributed by atoms with E-state index in [2.05, 4.69) is 9.97 Å². The first-order valence-electron chi connectivity index (χ1n) is 9.92. The highest BCUT2D eigenvalue weighted by Gasteiger charge is 2.28. The van der Waals surface area contributed by atoms with E-state index >= 15 is 0 Å². The van der Waals surface area contributed by atoms with Gasteiger partial charge in [0.1, 0.15) is 11.4 Å². The fourth-order valence-electron chi connectivity index (χ4n) is 3.45. The predicted octanol–water partition coefficient (Wildman–Crippen LogP) is 2.98. The van der Waals surface area contributed by atoms with Gasteiger partial charge in [-0.1, -0.05) is 42.5 Å². The van der Waals surface area contributed by atoms with E-state index < -0.39 is 0 Å². The van der Waals surface area contributed by atoms with Crippen molar-refractivity contribution >= 4 is 12.0 Å². The fourth-order valence-corrected chi connectivity index (χ4v) is 3.45. The number of nitrogens with one attached hydrogen (secondary N) is 1. The van der Waals surface area contributed by atoms with Crippen molar-refractivity contribution in [1.29, 1.82) is 0 Å². The van der Waals surface area contributed by atoms with Gasteiger partial charge in [-0.3, -0.25) is 9.59 Å². The molecule has 1 aromatic heterocycles. The molecule has 2 fully saturated rings. The van der Waals surface area contributed by atoms with Crippen molar-refractivity contribution in [2.24, 2.45) is 0 Å². The lowest BCUT2D eigenvalue weighted by molar-refractivity contribution is 0.0552. The first-order chi connectivity index (χ1) is 13.7. The van der Waals surface area contributed by atoms with Gasteiger partial charge in [-0.25, -0.2) is 4.98 Å². The number of H-pyrrole nitrogens is 1. The van der Waals surface area contributed by atoms with Crippen molar-refractivity contribution in [3.05, 3.63) is 69.9 Å². The van der Waals surface area contributed by atoms with Crippen LogP contribution in [0.2, 0.25) is 0 Å². The van der Waals surface area contributed by atoms with Gasteiger partial charge in [0.2, 0.25) is 0 Å². The molecule has 2 aromatic rings. The van der Waals surface area contributed by atoms with Crippen LogP contribution in [0.1, 0.15) is 53.3 Å². The molecule has 0 bridgehead atoms. The van der Waals surface area contributed by atoms with Crippen molar-refractivity contribution in [3.63, 3.8) is 0 Å². The lowest BCUT2D eigenvalue weighted by Crippen LogP contribution is -2.40. The summed E-state index contributed by atoms with van der Waals surface area (Å²) in [6.45, 7) is 1.62. The average molecular weight is 379 g/mol. The van der Waals surface area contributed by atoms with Gasteiger partial charge in [0.15, 0.2) is 0 Å². The Morgan fingerprint density at radius 3 is 2.75 bits per heavy atom. The molecule has 6 nitrogen and oxygen atoms in total. The zero-order valence-corrected chi connectivity index (χ0v) is 15.8. The average Bonchev–Trinajstić information content (AvgIpc) is 3.44. The van der Waals surface area contributed by atoms with Crippen molar-refractivity contribution < 1.29 is 9.53 Å². The number of rotatable bonds is 7. The molecule has 0 spiro atoms. The number of nitrogens with zero attached hydrogens (tertiary/aromatic N) is 2. The lowest BCUT2D eigenvalue weighted by atomic mass is 10.2. The smallest absolute Gasteiger partial charge is 0.263 e. The Morgan fingerprint density at radius 2 is 2.07 bits per heavy atom. The Balaban J connectivity index is 1.50. The van der Waals surface area contributed by atoms with Crippen LogP contribution < -0.4 is 5.56 Å². The number of carbonyl (C=O) groups is 1. The third-order valence-corrected chi connectivity index (χ3v) is 5.18. The number of hydrogen-bond donors (Lipinski definition) is 1. The molecule has 2 heterocycles. The van der Waals surface area contributed by atoms with E-state index in [-0.39, 0.29) is 23.1 Å². The molecule has 0 radical (unpaired) electrons. The second kappa shape index (κ2) is 8.52. The molecule has 1 aliphatic carbocycles. The number of amides is 1. The predicted molar refractivity (Wildman–Crippen MR) is 107 cm³/mol. The summed E-state index contributed by atoms with van der Waals surface area (Å²) in [5.74, 6) is 0.731. The third-order valence-electron chi connectivity index (χ3n) is 5.18. The maximum Gasteiger partial charge on any atom is 0.263 e. The Labute approximate surface area is 164 Å². The van der Waals surface area contributed by atoms with Gasteiger partial charge in [0.25, 0.3) is 11.5 Å². The number of ether oxygens (including phenoxy) is 1. The zero-order valence-electron chi connectivity index (χ0n) is 15.8. The van der Waals surface area contributed by atoms with Gasteiger partial charge in [0, 0.05) is 31.8 Å². The van der Waals surface area contributed by atoms with Gasteiger partial charge < -0.3 is 14.6 Å². The van der Waals surface area contributed by atoms with Gasteiger partial charge in [-0.2, -0.15) is 0 Å². The number of hydrogen-bond acceptors (Lipinski definition) is 4. The highest BCUT2D eigenvalue weighted by molar-refractivity contribution is 5.93. The molecular formula is C22H25N3O3. The van der Waals surface area contributed by atoms with Crippen molar-refractivity contribution in [1.82, 2.24) is 14.9 Å². The van der Waals surface area contributed by atoms with E-state index in [4.69, 9.17) is 4.74 Å². The van der Waals surface area contributed by atoms with E-state index in [9.17, 15) is 9.59 Å². The zero-order chi connectivity index (χ0) is 19.3. The number of benzene rings is 1. The summed E-state index contributed by atoms with van der Waals surface area (Å²) < 4.78 is 5.70. The molecule has 1 unspecified atom stereocenters. The van der Waals surface area contributed by atoms with Crippen molar-refractivity contribution in [2.75, 3.05) is 19.7 Å². The summed E-state index contributed by atoms with van der Waals surface area (Å²) in [4.78, 5) is 34.3. The number of aromatic nitrogens is 2. The molecule has 146 valence electrons. The molecule has 28 heavy (non-hydrogen) atoms. The van der Waals surface area contributed by atoms with Crippen LogP contribution in [0, 0.1) is 0 Å². The second-order valence-electron chi connectivity index (χ2n) is 7.44. The van der Waals surface area contributed by atoms with Gasteiger partial charge in [0.05, 0.1) is 6.10 Å².